The van der Waals surface area contributed by atoms with Crippen LogP contribution in [0, 0.1) is 25.2 Å². The van der Waals surface area contributed by atoms with E-state index in [1.807, 2.05) is 56.3 Å². The van der Waals surface area contributed by atoms with Crippen molar-refractivity contribution in [2.75, 3.05) is 5.32 Å². The van der Waals surface area contributed by atoms with Crippen molar-refractivity contribution in [2.45, 2.75) is 20.5 Å². The maximum Gasteiger partial charge on any atom is 0.266 e. The second kappa shape index (κ2) is 10.3. The minimum Gasteiger partial charge on any atom is -0.488 e. The van der Waals surface area contributed by atoms with Gasteiger partial charge in [0.1, 0.15) is 24.0 Å². The fourth-order valence-corrected chi connectivity index (χ4v) is 3.39. The fourth-order valence-electron chi connectivity index (χ4n) is 2.89. The van der Waals surface area contributed by atoms with Gasteiger partial charge < -0.3 is 10.1 Å². The molecule has 0 saturated heterocycles. The Morgan fingerprint density at radius 2 is 1.90 bits per heavy atom. The molecule has 0 radical (unpaired) electrons. The average molecular weight is 496 g/mol. The van der Waals surface area contributed by atoms with Crippen LogP contribution >= 0.6 is 27.5 Å². The summed E-state index contributed by atoms with van der Waals surface area (Å²) in [6, 6.07) is 20.5. The van der Waals surface area contributed by atoms with Crippen molar-refractivity contribution >= 4 is 45.2 Å². The zero-order valence-corrected chi connectivity index (χ0v) is 19.4. The lowest BCUT2D eigenvalue weighted by Crippen LogP contribution is -2.14. The number of rotatable bonds is 6. The molecule has 4 nitrogen and oxygen atoms in total. The monoisotopic (exact) mass is 494 g/mol. The van der Waals surface area contributed by atoms with E-state index in [1.54, 1.807) is 24.3 Å². The Morgan fingerprint density at radius 1 is 1.16 bits per heavy atom. The van der Waals surface area contributed by atoms with Crippen LogP contribution in [0.3, 0.4) is 0 Å². The third-order valence-electron chi connectivity index (χ3n) is 4.80. The molecule has 0 aliphatic rings. The SMILES string of the molecule is Cc1cccc(NC(=O)/C(C#N)=C/c2cc(Br)ccc2OCc2ccc(Cl)cc2)c1C. The second-order valence-corrected chi connectivity index (χ2v) is 8.32. The number of anilines is 1. The summed E-state index contributed by atoms with van der Waals surface area (Å²) in [5.41, 5.74) is 4.26. The Kier molecular flexibility index (Phi) is 7.51. The smallest absolute Gasteiger partial charge is 0.266 e. The highest BCUT2D eigenvalue weighted by atomic mass is 79.9. The molecule has 0 fully saturated rings. The fraction of sp³-hybridized carbons (Fsp3) is 0.120. The molecule has 0 spiro atoms. The summed E-state index contributed by atoms with van der Waals surface area (Å²) in [5, 5.41) is 13.1. The van der Waals surface area contributed by atoms with Gasteiger partial charge in [-0.15, -0.1) is 0 Å². The number of nitrogens with zero attached hydrogens (tertiary/aromatic N) is 1. The van der Waals surface area contributed by atoms with E-state index < -0.39 is 5.91 Å². The van der Waals surface area contributed by atoms with Crippen molar-refractivity contribution in [3.8, 4) is 11.8 Å². The van der Waals surface area contributed by atoms with Crippen LogP contribution in [-0.2, 0) is 11.4 Å². The van der Waals surface area contributed by atoms with E-state index in [-0.39, 0.29) is 5.57 Å². The Morgan fingerprint density at radius 3 is 2.61 bits per heavy atom. The summed E-state index contributed by atoms with van der Waals surface area (Å²) in [6.45, 7) is 4.23. The number of amides is 1. The van der Waals surface area contributed by atoms with Crippen molar-refractivity contribution in [3.05, 3.63) is 98.0 Å². The molecule has 0 saturated carbocycles. The largest absolute Gasteiger partial charge is 0.488 e. The maximum absolute atomic E-state index is 12.8. The number of benzene rings is 3. The van der Waals surface area contributed by atoms with Gasteiger partial charge in [-0.2, -0.15) is 5.26 Å². The predicted octanol–water partition coefficient (Wildman–Crippen LogP) is 6.84. The van der Waals surface area contributed by atoms with Crippen LogP contribution in [0.2, 0.25) is 5.02 Å². The standard InChI is InChI=1S/C25H20BrClN2O2/c1-16-4-3-5-23(17(16)2)29-25(30)20(14-28)12-19-13-21(26)8-11-24(19)31-15-18-6-9-22(27)10-7-18/h3-13H,15H2,1-2H3,(H,29,30)/b20-12+. The summed E-state index contributed by atoms with van der Waals surface area (Å²) in [4.78, 5) is 12.8. The Labute approximate surface area is 195 Å². The van der Waals surface area contributed by atoms with Crippen molar-refractivity contribution in [1.29, 1.82) is 5.26 Å². The van der Waals surface area contributed by atoms with E-state index in [9.17, 15) is 10.1 Å². The third-order valence-corrected chi connectivity index (χ3v) is 5.54. The lowest BCUT2D eigenvalue weighted by molar-refractivity contribution is -0.112. The molecule has 6 heteroatoms. The van der Waals surface area contributed by atoms with Crippen LogP contribution in [-0.4, -0.2) is 5.91 Å². The number of hydrogen-bond donors (Lipinski definition) is 1. The molecule has 156 valence electrons. The zero-order chi connectivity index (χ0) is 22.4. The number of nitrogens with one attached hydrogen (secondary N) is 1. The van der Waals surface area contributed by atoms with Crippen molar-refractivity contribution < 1.29 is 9.53 Å². The lowest BCUT2D eigenvalue weighted by Gasteiger charge is -2.12. The van der Waals surface area contributed by atoms with Gasteiger partial charge in [-0.3, -0.25) is 4.79 Å². The molecule has 1 N–H and O–H groups in total. The summed E-state index contributed by atoms with van der Waals surface area (Å²) in [6.07, 6.45) is 1.53. The van der Waals surface area contributed by atoms with Crippen molar-refractivity contribution in [2.24, 2.45) is 0 Å². The zero-order valence-electron chi connectivity index (χ0n) is 17.1. The van der Waals surface area contributed by atoms with Crippen LogP contribution in [0.1, 0.15) is 22.3 Å². The maximum atomic E-state index is 12.8. The van der Waals surface area contributed by atoms with E-state index in [4.69, 9.17) is 16.3 Å². The molecule has 31 heavy (non-hydrogen) atoms. The summed E-state index contributed by atoms with van der Waals surface area (Å²) >= 11 is 9.37. The van der Waals surface area contributed by atoms with Gasteiger partial charge in [0.05, 0.1) is 0 Å². The molecule has 0 heterocycles. The first-order valence-electron chi connectivity index (χ1n) is 9.53. The first-order valence-corrected chi connectivity index (χ1v) is 10.7. The minimum atomic E-state index is -0.472. The van der Waals surface area contributed by atoms with Crippen LogP contribution < -0.4 is 10.1 Å². The molecule has 0 aliphatic carbocycles. The molecule has 0 bridgehead atoms. The molecule has 3 rings (SSSR count). The minimum absolute atomic E-state index is 0.0182. The summed E-state index contributed by atoms with van der Waals surface area (Å²) in [7, 11) is 0. The summed E-state index contributed by atoms with van der Waals surface area (Å²) in [5.74, 6) is 0.0882. The first-order chi connectivity index (χ1) is 14.9. The lowest BCUT2D eigenvalue weighted by atomic mass is 10.1. The summed E-state index contributed by atoms with van der Waals surface area (Å²) < 4.78 is 6.76. The van der Waals surface area contributed by atoms with Gasteiger partial charge in [-0.05, 0) is 73.0 Å². The molecule has 0 atom stereocenters. The molecule has 0 aromatic heterocycles. The highest BCUT2D eigenvalue weighted by Gasteiger charge is 2.13. The van der Waals surface area contributed by atoms with Gasteiger partial charge in [0.15, 0.2) is 0 Å². The molecule has 1 amide bonds. The molecule has 0 unspecified atom stereocenters. The van der Waals surface area contributed by atoms with Gasteiger partial charge in [-0.25, -0.2) is 0 Å². The predicted molar refractivity (Wildman–Crippen MR) is 128 cm³/mol. The average Bonchev–Trinajstić information content (AvgIpc) is 2.75. The van der Waals surface area contributed by atoms with Gasteiger partial charge >= 0.3 is 0 Å². The number of aryl methyl sites for hydroxylation is 1. The van der Waals surface area contributed by atoms with E-state index >= 15 is 0 Å². The quantitative estimate of drug-likeness (QED) is 0.301. The van der Waals surface area contributed by atoms with Gasteiger partial charge in [-0.1, -0.05) is 51.8 Å². The van der Waals surface area contributed by atoms with Crippen LogP contribution in [0.25, 0.3) is 6.08 Å². The molecule has 3 aromatic rings. The topological polar surface area (TPSA) is 62.1 Å². The molecule has 0 aliphatic heterocycles. The van der Waals surface area contributed by atoms with Crippen LogP contribution in [0.4, 0.5) is 5.69 Å². The van der Waals surface area contributed by atoms with Gasteiger partial charge in [0, 0.05) is 20.7 Å². The second-order valence-electron chi connectivity index (χ2n) is 6.97. The number of halogens is 2. The van der Waals surface area contributed by atoms with Crippen LogP contribution in [0.5, 0.6) is 5.75 Å². The third kappa shape index (κ3) is 5.97. The highest BCUT2D eigenvalue weighted by Crippen LogP contribution is 2.27. The van der Waals surface area contributed by atoms with Crippen molar-refractivity contribution in [3.63, 3.8) is 0 Å². The normalized spacial score (nSPS) is 11.0. The molecular formula is C25H20BrClN2O2. The molecular weight excluding hydrogens is 476 g/mol. The van der Waals surface area contributed by atoms with Gasteiger partial charge in [0.25, 0.3) is 5.91 Å². The number of nitriles is 1. The van der Waals surface area contributed by atoms with E-state index in [0.29, 0.717) is 28.6 Å². The number of carbonyl (C=O) groups is 1. The number of hydrogen-bond acceptors (Lipinski definition) is 3. The van der Waals surface area contributed by atoms with E-state index in [0.717, 1.165) is 21.2 Å². The van der Waals surface area contributed by atoms with E-state index in [2.05, 4.69) is 21.2 Å². The molecule has 3 aromatic carbocycles. The first kappa shape index (κ1) is 22.6. The number of ether oxygens (including phenoxy) is 1. The van der Waals surface area contributed by atoms with Crippen molar-refractivity contribution in [1.82, 2.24) is 0 Å². The number of carbonyl (C=O) groups excluding carboxylic acids is 1. The Bertz CT molecular complexity index is 1180. The van der Waals surface area contributed by atoms with E-state index in [1.165, 1.54) is 6.08 Å². The Hall–Kier alpha value is -3.07. The Balaban J connectivity index is 1.84. The highest BCUT2D eigenvalue weighted by molar-refractivity contribution is 9.10. The van der Waals surface area contributed by atoms with Crippen LogP contribution in [0.15, 0.2) is 70.7 Å². The van der Waals surface area contributed by atoms with Gasteiger partial charge in [0.2, 0.25) is 0 Å².